The van der Waals surface area contributed by atoms with Crippen molar-refractivity contribution in [2.45, 2.75) is 31.7 Å². The molecule has 0 atom stereocenters. The van der Waals surface area contributed by atoms with Crippen LogP contribution in [0.5, 0.6) is 0 Å². The zero-order valence-electron chi connectivity index (χ0n) is 7.05. The first-order chi connectivity index (χ1) is 5.71. The van der Waals surface area contributed by atoms with Gasteiger partial charge in [-0.2, -0.15) is 5.10 Å². The number of aromatic nitrogens is 2. The van der Waals surface area contributed by atoms with Crippen LogP contribution in [-0.2, 0) is 5.54 Å². The summed E-state index contributed by atoms with van der Waals surface area (Å²) < 4.78 is 3.56. The van der Waals surface area contributed by atoms with Crippen LogP contribution in [0.4, 0.5) is 0 Å². The fourth-order valence-corrected chi connectivity index (χ4v) is 2.91. The van der Waals surface area contributed by atoms with E-state index in [0.29, 0.717) is 5.54 Å². The summed E-state index contributed by atoms with van der Waals surface area (Å²) in [5.41, 5.74) is 1.83. The molecule has 0 N–H and O–H groups in total. The van der Waals surface area contributed by atoms with Crippen LogP contribution in [0, 0.1) is 16.4 Å². The molecule has 2 bridgehead atoms. The first kappa shape index (κ1) is 7.35. The van der Waals surface area contributed by atoms with Gasteiger partial charge in [-0.1, -0.05) is 0 Å². The van der Waals surface area contributed by atoms with Crippen LogP contribution in [0.3, 0.4) is 0 Å². The van der Waals surface area contributed by atoms with E-state index in [1.54, 1.807) is 0 Å². The molecule has 1 aromatic rings. The molecule has 1 aromatic heterocycles. The van der Waals surface area contributed by atoms with E-state index in [0.717, 1.165) is 5.92 Å². The van der Waals surface area contributed by atoms with Crippen LogP contribution >= 0.6 is 22.6 Å². The molecule has 3 saturated carbocycles. The Morgan fingerprint density at radius 1 is 1.58 bits per heavy atom. The van der Waals surface area contributed by atoms with Gasteiger partial charge < -0.3 is 0 Å². The summed E-state index contributed by atoms with van der Waals surface area (Å²) >= 11 is 2.36. The number of nitrogens with zero attached hydrogens (tertiary/aromatic N) is 2. The Balaban J connectivity index is 2.06. The zero-order chi connectivity index (χ0) is 8.34. The van der Waals surface area contributed by atoms with Gasteiger partial charge in [0.05, 0.1) is 15.3 Å². The van der Waals surface area contributed by atoms with Gasteiger partial charge in [0.15, 0.2) is 0 Å². The number of rotatable bonds is 1. The molecule has 3 aliphatic rings. The molecule has 0 saturated heterocycles. The van der Waals surface area contributed by atoms with E-state index < -0.39 is 0 Å². The predicted octanol–water partition coefficient (Wildman–Crippen LogP) is 2.31. The minimum atomic E-state index is 0.470. The van der Waals surface area contributed by atoms with E-state index in [-0.39, 0.29) is 0 Å². The van der Waals surface area contributed by atoms with Crippen LogP contribution in [0.15, 0.2) is 6.20 Å². The second-order valence-electron chi connectivity index (χ2n) is 4.19. The molecule has 12 heavy (non-hydrogen) atoms. The quantitative estimate of drug-likeness (QED) is 0.718. The zero-order valence-corrected chi connectivity index (χ0v) is 9.21. The van der Waals surface area contributed by atoms with E-state index in [1.165, 1.54) is 28.5 Å². The van der Waals surface area contributed by atoms with Gasteiger partial charge in [0, 0.05) is 5.69 Å². The van der Waals surface area contributed by atoms with Crippen LogP contribution in [0.25, 0.3) is 0 Å². The van der Waals surface area contributed by atoms with Crippen molar-refractivity contribution in [2.75, 3.05) is 0 Å². The summed E-state index contributed by atoms with van der Waals surface area (Å²) in [4.78, 5) is 0. The molecule has 4 rings (SSSR count). The van der Waals surface area contributed by atoms with Crippen molar-refractivity contribution >= 4 is 22.6 Å². The first-order valence-corrected chi connectivity index (χ1v) is 5.50. The van der Waals surface area contributed by atoms with E-state index in [9.17, 15) is 0 Å². The smallest absolute Gasteiger partial charge is 0.0639 e. The van der Waals surface area contributed by atoms with Crippen LogP contribution in [0.1, 0.15) is 25.0 Å². The molecule has 0 amide bonds. The van der Waals surface area contributed by atoms with E-state index in [4.69, 9.17) is 0 Å². The lowest BCUT2D eigenvalue weighted by atomic mass is 9.50. The average Bonchev–Trinajstić information content (AvgIpc) is 2.12. The van der Waals surface area contributed by atoms with Crippen molar-refractivity contribution in [3.8, 4) is 0 Å². The standard InChI is InChI=1S/C9H11IN2/c1-6-8(10)5-11-12(6)9-2-7(3-9)4-9/h5,7H,2-4H2,1H3. The molecule has 3 heteroatoms. The van der Waals surface area contributed by atoms with Gasteiger partial charge in [-0.25, -0.2) is 0 Å². The fraction of sp³-hybridized carbons (Fsp3) is 0.667. The van der Waals surface area contributed by atoms with Gasteiger partial charge in [-0.05, 0) is 54.7 Å². The van der Waals surface area contributed by atoms with Gasteiger partial charge in [0.25, 0.3) is 0 Å². The summed E-state index contributed by atoms with van der Waals surface area (Å²) in [6, 6.07) is 0. The maximum absolute atomic E-state index is 4.46. The van der Waals surface area contributed by atoms with Crippen molar-refractivity contribution in [1.82, 2.24) is 9.78 Å². The Hall–Kier alpha value is -0.0600. The molecule has 3 fully saturated rings. The van der Waals surface area contributed by atoms with Gasteiger partial charge in [0.1, 0.15) is 0 Å². The van der Waals surface area contributed by atoms with Gasteiger partial charge in [-0.15, -0.1) is 0 Å². The third-order valence-electron chi connectivity index (χ3n) is 3.41. The lowest BCUT2D eigenvalue weighted by molar-refractivity contribution is -0.0991. The minimum absolute atomic E-state index is 0.470. The third-order valence-corrected chi connectivity index (χ3v) is 4.46. The van der Waals surface area contributed by atoms with Gasteiger partial charge in [0.2, 0.25) is 0 Å². The molecule has 3 aliphatic carbocycles. The first-order valence-electron chi connectivity index (χ1n) is 4.42. The summed E-state index contributed by atoms with van der Waals surface area (Å²) in [7, 11) is 0. The minimum Gasteiger partial charge on any atom is -0.263 e. The molecular formula is C9H11IN2. The predicted molar refractivity (Wildman–Crippen MR) is 55.0 cm³/mol. The van der Waals surface area contributed by atoms with Crippen LogP contribution in [-0.4, -0.2) is 9.78 Å². The fourth-order valence-electron chi connectivity index (χ4n) is 2.56. The van der Waals surface area contributed by atoms with E-state index in [1.807, 2.05) is 6.20 Å². The number of hydrogen-bond donors (Lipinski definition) is 0. The molecule has 0 spiro atoms. The Labute approximate surface area is 85.5 Å². The number of halogens is 1. The van der Waals surface area contributed by atoms with E-state index in [2.05, 4.69) is 39.3 Å². The Kier molecular flexibility index (Phi) is 1.26. The Bertz CT molecular complexity index is 325. The lowest BCUT2D eigenvalue weighted by Crippen LogP contribution is -2.60. The van der Waals surface area contributed by atoms with Crippen molar-refractivity contribution in [3.05, 3.63) is 15.5 Å². The summed E-state index contributed by atoms with van der Waals surface area (Å²) in [6.45, 7) is 2.18. The molecule has 64 valence electrons. The van der Waals surface area contributed by atoms with E-state index >= 15 is 0 Å². The number of hydrogen-bond acceptors (Lipinski definition) is 1. The molecule has 0 aliphatic heterocycles. The third kappa shape index (κ3) is 0.690. The Morgan fingerprint density at radius 2 is 2.25 bits per heavy atom. The van der Waals surface area contributed by atoms with Gasteiger partial charge >= 0.3 is 0 Å². The highest BCUT2D eigenvalue weighted by Gasteiger charge is 2.59. The summed E-state index contributed by atoms with van der Waals surface area (Å²) in [5, 5.41) is 4.46. The molecular weight excluding hydrogens is 263 g/mol. The van der Waals surface area contributed by atoms with Crippen molar-refractivity contribution in [3.63, 3.8) is 0 Å². The summed E-state index contributed by atoms with van der Waals surface area (Å²) in [6.07, 6.45) is 6.12. The maximum atomic E-state index is 4.46. The molecule has 1 heterocycles. The van der Waals surface area contributed by atoms with Gasteiger partial charge in [-0.3, -0.25) is 4.68 Å². The highest BCUT2D eigenvalue weighted by atomic mass is 127. The van der Waals surface area contributed by atoms with Crippen LogP contribution in [0.2, 0.25) is 0 Å². The summed E-state index contributed by atoms with van der Waals surface area (Å²) in [5.74, 6) is 1.03. The average molecular weight is 274 g/mol. The molecule has 2 nitrogen and oxygen atoms in total. The second-order valence-corrected chi connectivity index (χ2v) is 5.35. The lowest BCUT2D eigenvalue weighted by Gasteiger charge is -2.61. The van der Waals surface area contributed by atoms with Crippen molar-refractivity contribution in [2.24, 2.45) is 5.92 Å². The highest BCUT2D eigenvalue weighted by Crippen LogP contribution is 2.62. The van der Waals surface area contributed by atoms with Crippen molar-refractivity contribution in [1.29, 1.82) is 0 Å². The monoisotopic (exact) mass is 274 g/mol. The molecule has 0 radical (unpaired) electrons. The van der Waals surface area contributed by atoms with Crippen molar-refractivity contribution < 1.29 is 0 Å². The topological polar surface area (TPSA) is 17.8 Å². The highest BCUT2D eigenvalue weighted by molar-refractivity contribution is 14.1. The van der Waals surface area contributed by atoms with Crippen LogP contribution < -0.4 is 0 Å². The SMILES string of the molecule is Cc1c(I)cnn1C12CC(C1)C2. The molecule has 0 unspecified atom stereocenters. The normalized spacial score (nSPS) is 37.3. The second kappa shape index (κ2) is 2.05. The Morgan fingerprint density at radius 3 is 2.58 bits per heavy atom. The maximum Gasteiger partial charge on any atom is 0.0639 e. The molecule has 0 aromatic carbocycles. The largest absolute Gasteiger partial charge is 0.263 e.